The van der Waals surface area contributed by atoms with E-state index in [9.17, 15) is 0 Å². The summed E-state index contributed by atoms with van der Waals surface area (Å²) in [6, 6.07) is 6.54. The molecule has 5 heteroatoms. The van der Waals surface area contributed by atoms with E-state index in [0.717, 1.165) is 12.8 Å². The van der Waals surface area contributed by atoms with Gasteiger partial charge in [0.05, 0.1) is 0 Å². The van der Waals surface area contributed by atoms with Gasteiger partial charge in [0.15, 0.2) is 5.96 Å². The van der Waals surface area contributed by atoms with Crippen LogP contribution in [0.15, 0.2) is 34.3 Å². The van der Waals surface area contributed by atoms with Gasteiger partial charge in [-0.1, -0.05) is 29.8 Å². The summed E-state index contributed by atoms with van der Waals surface area (Å²) in [7, 11) is 0. The van der Waals surface area contributed by atoms with Crippen LogP contribution in [0.4, 0.5) is 0 Å². The molecule has 0 aromatic heterocycles. The average molecular weight is 257 g/mol. The van der Waals surface area contributed by atoms with Crippen molar-refractivity contribution in [1.29, 1.82) is 0 Å². The summed E-state index contributed by atoms with van der Waals surface area (Å²) >= 11 is 0. The van der Waals surface area contributed by atoms with Gasteiger partial charge in [0.2, 0.25) is 5.96 Å². The van der Waals surface area contributed by atoms with Gasteiger partial charge in [-0.2, -0.15) is 4.99 Å². The van der Waals surface area contributed by atoms with Gasteiger partial charge in [-0.25, -0.2) is 0 Å². The summed E-state index contributed by atoms with van der Waals surface area (Å²) in [5.41, 5.74) is 21.3. The van der Waals surface area contributed by atoms with Crippen molar-refractivity contribution in [2.75, 3.05) is 6.54 Å². The maximum atomic E-state index is 5.56. The smallest absolute Gasteiger partial charge is 0.218 e. The van der Waals surface area contributed by atoms with Crippen LogP contribution in [0.1, 0.15) is 23.1 Å². The molecular formula is C14H19N5. The van der Waals surface area contributed by atoms with E-state index >= 15 is 0 Å². The second-order valence-electron chi connectivity index (χ2n) is 4.62. The first-order chi connectivity index (χ1) is 9.06. The Kier molecular flexibility index (Phi) is 3.85. The van der Waals surface area contributed by atoms with Gasteiger partial charge < -0.3 is 17.2 Å². The van der Waals surface area contributed by atoms with Gasteiger partial charge in [0, 0.05) is 6.54 Å². The molecule has 1 aromatic carbocycles. The van der Waals surface area contributed by atoms with Gasteiger partial charge >= 0.3 is 0 Å². The second-order valence-corrected chi connectivity index (χ2v) is 4.62. The highest BCUT2D eigenvalue weighted by Crippen LogP contribution is 2.30. The van der Waals surface area contributed by atoms with Crippen LogP contribution in [0.25, 0.3) is 5.57 Å². The van der Waals surface area contributed by atoms with E-state index in [1.54, 1.807) is 0 Å². The molecule has 6 N–H and O–H groups in total. The maximum absolute atomic E-state index is 5.56. The molecule has 1 aliphatic carbocycles. The molecule has 0 fully saturated rings. The van der Waals surface area contributed by atoms with Crippen LogP contribution < -0.4 is 17.2 Å². The highest BCUT2D eigenvalue weighted by molar-refractivity contribution is 5.92. The van der Waals surface area contributed by atoms with Gasteiger partial charge in [-0.15, -0.1) is 0 Å². The lowest BCUT2D eigenvalue weighted by Gasteiger charge is -2.05. The van der Waals surface area contributed by atoms with Gasteiger partial charge in [0.1, 0.15) is 0 Å². The first-order valence-corrected chi connectivity index (χ1v) is 6.25. The zero-order chi connectivity index (χ0) is 13.8. The summed E-state index contributed by atoms with van der Waals surface area (Å²) in [5.74, 6) is 0.0601. The number of hydrogen-bond donors (Lipinski definition) is 3. The monoisotopic (exact) mass is 257 g/mol. The number of nitrogens with zero attached hydrogens (tertiary/aromatic N) is 2. The number of allylic oxidation sites excluding steroid dienone is 1. The minimum atomic E-state index is -0.0675. The lowest BCUT2D eigenvalue weighted by atomic mass is 10.0. The highest BCUT2D eigenvalue weighted by atomic mass is 15.1. The normalized spacial score (nSPS) is 13.9. The van der Waals surface area contributed by atoms with Crippen molar-refractivity contribution in [3.8, 4) is 0 Å². The summed E-state index contributed by atoms with van der Waals surface area (Å²) in [6.45, 7) is 2.69. The van der Waals surface area contributed by atoms with E-state index in [1.165, 1.54) is 22.3 Å². The molecule has 19 heavy (non-hydrogen) atoms. The van der Waals surface area contributed by atoms with Crippen LogP contribution in [0.5, 0.6) is 0 Å². The molecule has 1 aliphatic rings. The summed E-state index contributed by atoms with van der Waals surface area (Å²) in [6.07, 6.45) is 4.09. The molecule has 0 saturated carbocycles. The fourth-order valence-electron chi connectivity index (χ4n) is 2.24. The third-order valence-corrected chi connectivity index (χ3v) is 3.07. The first-order valence-electron chi connectivity index (χ1n) is 6.25. The minimum Gasteiger partial charge on any atom is -0.370 e. The molecule has 100 valence electrons. The van der Waals surface area contributed by atoms with E-state index in [2.05, 4.69) is 41.2 Å². The van der Waals surface area contributed by atoms with Gasteiger partial charge in [-0.05, 0) is 36.5 Å². The lowest BCUT2D eigenvalue weighted by Crippen LogP contribution is -2.26. The summed E-state index contributed by atoms with van der Waals surface area (Å²) in [5, 5.41) is 0. The van der Waals surface area contributed by atoms with E-state index in [-0.39, 0.29) is 11.9 Å². The third-order valence-electron chi connectivity index (χ3n) is 3.07. The zero-order valence-electron chi connectivity index (χ0n) is 11.1. The Bertz CT molecular complexity index is 565. The maximum Gasteiger partial charge on any atom is 0.218 e. The van der Waals surface area contributed by atoms with Crippen molar-refractivity contribution >= 4 is 17.5 Å². The molecular weight excluding hydrogens is 238 g/mol. The van der Waals surface area contributed by atoms with Crippen molar-refractivity contribution in [2.45, 2.75) is 19.8 Å². The largest absolute Gasteiger partial charge is 0.370 e. The Balaban J connectivity index is 1.99. The zero-order valence-corrected chi connectivity index (χ0v) is 11.1. The van der Waals surface area contributed by atoms with Crippen LogP contribution >= 0.6 is 0 Å². The molecule has 0 unspecified atom stereocenters. The number of benzene rings is 1. The molecule has 0 aliphatic heterocycles. The highest BCUT2D eigenvalue weighted by Gasteiger charge is 2.13. The molecule has 1 aromatic rings. The number of aliphatic imine (C=N–C) groups is 2. The minimum absolute atomic E-state index is 0.0675. The number of hydrogen-bond acceptors (Lipinski definition) is 1. The first kappa shape index (κ1) is 13.1. The second kappa shape index (κ2) is 5.56. The Morgan fingerprint density at radius 3 is 2.79 bits per heavy atom. The van der Waals surface area contributed by atoms with Crippen LogP contribution in [-0.2, 0) is 6.42 Å². The average Bonchev–Trinajstić information content (AvgIpc) is 2.70. The quantitative estimate of drug-likeness (QED) is 0.554. The number of fused-ring (bicyclic) bond motifs is 1. The number of nitrogens with two attached hydrogens (primary N) is 3. The van der Waals surface area contributed by atoms with Crippen molar-refractivity contribution in [2.24, 2.45) is 27.2 Å². The van der Waals surface area contributed by atoms with E-state index in [0.29, 0.717) is 6.54 Å². The molecule has 0 spiro atoms. The predicted octanol–water partition coefficient (Wildman–Crippen LogP) is 0.913. The molecule has 0 amide bonds. The van der Waals surface area contributed by atoms with Crippen molar-refractivity contribution in [3.63, 3.8) is 0 Å². The molecule has 0 heterocycles. The Hall–Kier alpha value is -2.30. The van der Waals surface area contributed by atoms with Crippen molar-refractivity contribution in [3.05, 3.63) is 41.0 Å². The van der Waals surface area contributed by atoms with Crippen LogP contribution in [0, 0.1) is 6.92 Å². The topological polar surface area (TPSA) is 103 Å². The van der Waals surface area contributed by atoms with Crippen LogP contribution in [-0.4, -0.2) is 18.5 Å². The SMILES string of the molecule is Cc1ccc2c(c1)CC=C2CCN=C(N)N=C(N)N. The van der Waals surface area contributed by atoms with Crippen LogP contribution in [0.2, 0.25) is 0 Å². The molecule has 0 saturated heterocycles. The Morgan fingerprint density at radius 2 is 2.05 bits per heavy atom. The summed E-state index contributed by atoms with van der Waals surface area (Å²) in [4.78, 5) is 7.80. The lowest BCUT2D eigenvalue weighted by molar-refractivity contribution is 1.01. The fourth-order valence-corrected chi connectivity index (χ4v) is 2.24. The number of aryl methyl sites for hydroxylation is 1. The van der Waals surface area contributed by atoms with Crippen molar-refractivity contribution < 1.29 is 0 Å². The summed E-state index contributed by atoms with van der Waals surface area (Å²) < 4.78 is 0. The van der Waals surface area contributed by atoms with E-state index in [1.807, 2.05) is 0 Å². The molecule has 0 bridgehead atoms. The molecule has 0 atom stereocenters. The van der Waals surface area contributed by atoms with Gasteiger partial charge in [0.25, 0.3) is 0 Å². The fraction of sp³-hybridized carbons (Fsp3) is 0.286. The molecule has 5 nitrogen and oxygen atoms in total. The standard InChI is InChI=1S/C14H19N5/c1-9-2-5-12-10(3-4-11(12)8-9)6-7-18-14(17)19-13(15)16/h2-3,5,8H,4,6-7H2,1H3,(H6,15,16,17,18,19). The van der Waals surface area contributed by atoms with Crippen molar-refractivity contribution in [1.82, 2.24) is 0 Å². The van der Waals surface area contributed by atoms with E-state index < -0.39 is 0 Å². The third kappa shape index (κ3) is 3.34. The Labute approximate surface area is 112 Å². The predicted molar refractivity (Wildman–Crippen MR) is 79.8 cm³/mol. The van der Waals surface area contributed by atoms with Gasteiger partial charge in [-0.3, -0.25) is 4.99 Å². The van der Waals surface area contributed by atoms with Crippen LogP contribution in [0.3, 0.4) is 0 Å². The number of rotatable bonds is 3. The molecule has 0 radical (unpaired) electrons. The Morgan fingerprint density at radius 1 is 1.26 bits per heavy atom. The van der Waals surface area contributed by atoms with E-state index in [4.69, 9.17) is 17.2 Å². The molecule has 2 rings (SSSR count). The number of guanidine groups is 2.